The summed E-state index contributed by atoms with van der Waals surface area (Å²) in [5.74, 6) is 0.515. The number of aliphatic hydroxyl groups is 1. The molecule has 0 saturated heterocycles. The maximum absolute atomic E-state index is 8.54. The van der Waals surface area contributed by atoms with Crippen molar-refractivity contribution in [2.45, 2.75) is 6.42 Å². The fourth-order valence-corrected chi connectivity index (χ4v) is 0.801. The lowest BCUT2D eigenvalue weighted by molar-refractivity contribution is 0.299. The summed E-state index contributed by atoms with van der Waals surface area (Å²) in [5, 5.41) is 15.7. The minimum Gasteiger partial charge on any atom is -0.593 e. The van der Waals surface area contributed by atoms with Gasteiger partial charge in [0.05, 0.1) is 0 Å². The predicted octanol–water partition coefficient (Wildman–Crippen LogP) is 0.659. The van der Waals surface area contributed by atoms with Gasteiger partial charge in [-0.15, -0.1) is 0 Å². The second kappa shape index (κ2) is 3.22. The minimum atomic E-state index is 0.178. The van der Waals surface area contributed by atoms with Crippen molar-refractivity contribution in [1.29, 1.82) is 0 Å². The van der Waals surface area contributed by atoms with E-state index in [9.17, 15) is 0 Å². The first-order valence-corrected chi connectivity index (χ1v) is 3.24. The van der Waals surface area contributed by atoms with Crippen molar-refractivity contribution in [2.24, 2.45) is 0 Å². The highest BCUT2D eigenvalue weighted by molar-refractivity contribution is 5.25. The molecule has 3 N–H and O–H groups in total. The quantitative estimate of drug-likeness (QED) is 0.601. The molecule has 0 spiro atoms. The van der Waals surface area contributed by atoms with Gasteiger partial charge in [0, 0.05) is 18.7 Å². The van der Waals surface area contributed by atoms with Gasteiger partial charge in [-0.25, -0.2) is 0 Å². The van der Waals surface area contributed by atoms with E-state index in [0.717, 1.165) is 5.56 Å². The van der Waals surface area contributed by atoms with Gasteiger partial charge in [-0.05, 0) is 24.1 Å². The number of hydrogen-bond acceptors (Lipinski definition) is 1. The van der Waals surface area contributed by atoms with Gasteiger partial charge in [-0.3, -0.25) is 0 Å². The summed E-state index contributed by atoms with van der Waals surface area (Å²) in [6.45, 7) is 0.178. The van der Waals surface area contributed by atoms with Crippen LogP contribution in [-0.2, 0) is 6.42 Å². The Morgan fingerprint density at radius 3 is 2.30 bits per heavy atom. The molecule has 0 bridgehead atoms. The molecule has 0 aromatic heterocycles. The maximum atomic E-state index is 8.54. The third-order valence-electron chi connectivity index (χ3n) is 1.35. The Labute approximate surface area is 59.7 Å². The van der Waals surface area contributed by atoms with Gasteiger partial charge in [0.25, 0.3) is 5.75 Å². The summed E-state index contributed by atoms with van der Waals surface area (Å²) in [7, 11) is 0. The Balaban J connectivity index is 2.69. The zero-order valence-corrected chi connectivity index (χ0v) is 5.67. The van der Waals surface area contributed by atoms with Crippen LogP contribution in [0.5, 0.6) is 5.75 Å². The Hall–Kier alpha value is -1.02. The maximum Gasteiger partial charge on any atom is 0.253 e. The Morgan fingerprint density at radius 2 is 1.80 bits per heavy atom. The van der Waals surface area contributed by atoms with Gasteiger partial charge >= 0.3 is 0 Å². The SMILES string of the molecule is OCCc1ccc([OH2+])cc1. The van der Waals surface area contributed by atoms with Crippen LogP contribution in [0, 0.1) is 0 Å². The average Bonchev–Trinajstić information content (AvgIpc) is 1.95. The zero-order chi connectivity index (χ0) is 7.40. The van der Waals surface area contributed by atoms with E-state index < -0.39 is 0 Å². The van der Waals surface area contributed by atoms with Crippen LogP contribution in [0.25, 0.3) is 0 Å². The van der Waals surface area contributed by atoms with E-state index >= 15 is 0 Å². The molecule has 1 rings (SSSR count). The number of hydrogen-bond donors (Lipinski definition) is 1. The molecule has 0 aliphatic rings. The van der Waals surface area contributed by atoms with Gasteiger partial charge in [0.2, 0.25) is 0 Å². The predicted molar refractivity (Wildman–Crippen MR) is 40.3 cm³/mol. The van der Waals surface area contributed by atoms with Gasteiger partial charge in [0.15, 0.2) is 0 Å². The van der Waals surface area contributed by atoms with E-state index in [1.165, 1.54) is 0 Å². The first-order valence-electron chi connectivity index (χ1n) is 3.24. The van der Waals surface area contributed by atoms with Crippen LogP contribution in [0.2, 0.25) is 0 Å². The summed E-state index contributed by atoms with van der Waals surface area (Å²) in [6, 6.07) is 7.17. The molecule has 54 valence electrons. The lowest BCUT2D eigenvalue weighted by atomic mass is 10.2. The molecule has 0 heterocycles. The lowest BCUT2D eigenvalue weighted by Gasteiger charge is -1.94. The van der Waals surface area contributed by atoms with Crippen LogP contribution in [0.1, 0.15) is 5.56 Å². The summed E-state index contributed by atoms with van der Waals surface area (Å²) >= 11 is 0. The molecule has 2 nitrogen and oxygen atoms in total. The van der Waals surface area contributed by atoms with Gasteiger partial charge in [-0.2, -0.15) is 0 Å². The van der Waals surface area contributed by atoms with Crippen LogP contribution in [0.3, 0.4) is 0 Å². The first kappa shape index (κ1) is 7.09. The van der Waals surface area contributed by atoms with Crippen LogP contribution < -0.4 is 0 Å². The fourth-order valence-electron chi connectivity index (χ4n) is 0.801. The standard InChI is InChI=1S/C8H10O2/c9-6-5-7-1-3-8(10)4-2-7/h1-4,9-10H,5-6H2/p+1. The first-order chi connectivity index (χ1) is 4.83. The summed E-state index contributed by atoms with van der Waals surface area (Å²) in [4.78, 5) is 0. The van der Waals surface area contributed by atoms with Crippen LogP contribution in [0.4, 0.5) is 0 Å². The normalized spacial score (nSPS) is 9.70. The van der Waals surface area contributed by atoms with Crippen LogP contribution in [-0.4, -0.2) is 16.8 Å². The molecule has 0 aliphatic heterocycles. The number of rotatable bonds is 2. The van der Waals surface area contributed by atoms with Crippen molar-refractivity contribution >= 4 is 0 Å². The van der Waals surface area contributed by atoms with E-state index in [-0.39, 0.29) is 6.61 Å². The fraction of sp³-hybridized carbons (Fsp3) is 0.250. The topological polar surface area (TPSA) is 43.1 Å². The molecule has 0 amide bonds. The highest BCUT2D eigenvalue weighted by Gasteiger charge is 1.92. The highest BCUT2D eigenvalue weighted by Crippen LogP contribution is 2.09. The number of aliphatic hydroxyl groups excluding tert-OH is 1. The van der Waals surface area contributed by atoms with Gasteiger partial charge < -0.3 is 10.2 Å². The minimum absolute atomic E-state index is 0.178. The molecular formula is C8H11O2+. The Morgan fingerprint density at radius 1 is 1.20 bits per heavy atom. The molecule has 1 aromatic carbocycles. The molecule has 0 fully saturated rings. The summed E-state index contributed by atoms with van der Waals surface area (Å²) in [5.41, 5.74) is 1.08. The molecule has 0 saturated carbocycles. The Bertz CT molecular complexity index is 191. The van der Waals surface area contributed by atoms with Gasteiger partial charge in [0.1, 0.15) is 0 Å². The lowest BCUT2D eigenvalue weighted by Crippen LogP contribution is -1.88. The second-order valence-corrected chi connectivity index (χ2v) is 2.17. The van der Waals surface area contributed by atoms with Crippen molar-refractivity contribution in [2.75, 3.05) is 6.61 Å². The molecule has 0 atom stereocenters. The van der Waals surface area contributed by atoms with E-state index in [1.807, 2.05) is 12.1 Å². The van der Waals surface area contributed by atoms with E-state index in [4.69, 9.17) is 10.2 Å². The van der Waals surface area contributed by atoms with Crippen molar-refractivity contribution < 1.29 is 10.2 Å². The summed E-state index contributed by atoms with van der Waals surface area (Å²) in [6.07, 6.45) is 0.681. The highest BCUT2D eigenvalue weighted by atomic mass is 16.3. The van der Waals surface area contributed by atoms with Crippen LogP contribution >= 0.6 is 0 Å². The van der Waals surface area contributed by atoms with Crippen molar-refractivity contribution in [3.05, 3.63) is 29.8 Å². The van der Waals surface area contributed by atoms with Crippen molar-refractivity contribution in [3.63, 3.8) is 0 Å². The third-order valence-corrected chi connectivity index (χ3v) is 1.35. The molecule has 0 unspecified atom stereocenters. The largest absolute Gasteiger partial charge is 0.593 e. The molecule has 2 heteroatoms. The summed E-state index contributed by atoms with van der Waals surface area (Å²) < 4.78 is 0. The second-order valence-electron chi connectivity index (χ2n) is 2.17. The monoisotopic (exact) mass is 139 g/mol. The van der Waals surface area contributed by atoms with E-state index in [0.29, 0.717) is 12.2 Å². The number of benzene rings is 1. The average molecular weight is 139 g/mol. The smallest absolute Gasteiger partial charge is 0.253 e. The molecule has 1 aromatic rings. The zero-order valence-electron chi connectivity index (χ0n) is 5.67. The van der Waals surface area contributed by atoms with Crippen molar-refractivity contribution in [3.8, 4) is 5.75 Å². The van der Waals surface area contributed by atoms with E-state index in [2.05, 4.69) is 0 Å². The molecule has 0 aliphatic carbocycles. The third kappa shape index (κ3) is 1.74. The molecular weight excluding hydrogens is 128 g/mol. The van der Waals surface area contributed by atoms with Crippen LogP contribution in [0.15, 0.2) is 24.3 Å². The van der Waals surface area contributed by atoms with E-state index in [1.54, 1.807) is 12.1 Å². The Kier molecular flexibility index (Phi) is 2.29. The molecule has 0 radical (unpaired) electrons. The van der Waals surface area contributed by atoms with Crippen molar-refractivity contribution in [1.82, 2.24) is 0 Å². The van der Waals surface area contributed by atoms with Gasteiger partial charge in [-0.1, -0.05) is 0 Å². The molecule has 10 heavy (non-hydrogen) atoms.